The molecular formula is C28H24BrN5O3. The standard InChI is InChI=1S/C28H24BrN5O3/c1-17-9-10-18(12-25(17)36)13-27(37)32-20-6-4-5-19(11-20)15-30-26-14-23(21-7-2-3-8-24(21)35)33-28-22(29)16-31-34(26)28/h2-12,14,16,30,35-36H,13,15H2,1H3,(H,32,37). The molecule has 9 heteroatoms. The van der Waals surface area contributed by atoms with E-state index < -0.39 is 0 Å². The van der Waals surface area contributed by atoms with Crippen LogP contribution >= 0.6 is 15.9 Å². The van der Waals surface area contributed by atoms with Crippen molar-refractivity contribution in [3.63, 3.8) is 0 Å². The van der Waals surface area contributed by atoms with Crippen molar-refractivity contribution in [3.05, 3.63) is 100 Å². The number of carbonyl (C=O) groups is 1. The number of aromatic hydroxyl groups is 2. The molecule has 0 fully saturated rings. The Hall–Kier alpha value is -4.37. The summed E-state index contributed by atoms with van der Waals surface area (Å²) in [6, 6.07) is 21.7. The number of carbonyl (C=O) groups excluding carboxylic acids is 1. The number of aryl methyl sites for hydroxylation is 1. The Balaban J connectivity index is 1.33. The van der Waals surface area contributed by atoms with Gasteiger partial charge in [0.2, 0.25) is 5.91 Å². The minimum atomic E-state index is -0.169. The molecule has 0 aliphatic carbocycles. The van der Waals surface area contributed by atoms with Gasteiger partial charge >= 0.3 is 0 Å². The van der Waals surface area contributed by atoms with Gasteiger partial charge in [-0.3, -0.25) is 4.79 Å². The summed E-state index contributed by atoms with van der Waals surface area (Å²) < 4.78 is 2.43. The summed E-state index contributed by atoms with van der Waals surface area (Å²) >= 11 is 3.50. The van der Waals surface area contributed by atoms with E-state index in [0.29, 0.717) is 35.0 Å². The van der Waals surface area contributed by atoms with Gasteiger partial charge in [0.1, 0.15) is 17.3 Å². The lowest BCUT2D eigenvalue weighted by molar-refractivity contribution is -0.115. The SMILES string of the molecule is Cc1ccc(CC(=O)Nc2cccc(CNc3cc(-c4ccccc4O)nc4c(Br)cnn34)c2)cc1O. The van der Waals surface area contributed by atoms with Crippen LogP contribution in [0.25, 0.3) is 16.9 Å². The first kappa shape index (κ1) is 24.3. The second kappa shape index (κ2) is 10.3. The number of rotatable bonds is 7. The monoisotopic (exact) mass is 557 g/mol. The maximum atomic E-state index is 12.6. The van der Waals surface area contributed by atoms with Crippen LogP contribution < -0.4 is 10.6 Å². The summed E-state index contributed by atoms with van der Waals surface area (Å²) in [5.41, 5.74) is 4.98. The Bertz CT molecular complexity index is 1620. The number of fused-ring (bicyclic) bond motifs is 1. The van der Waals surface area contributed by atoms with Crippen LogP contribution in [-0.2, 0) is 17.8 Å². The molecule has 0 saturated carbocycles. The lowest BCUT2D eigenvalue weighted by Crippen LogP contribution is -2.14. The maximum absolute atomic E-state index is 12.6. The molecule has 4 N–H and O–H groups in total. The number of anilines is 2. The van der Waals surface area contributed by atoms with Crippen LogP contribution in [0.5, 0.6) is 11.5 Å². The van der Waals surface area contributed by atoms with Crippen molar-refractivity contribution in [2.75, 3.05) is 10.6 Å². The number of hydrogen-bond acceptors (Lipinski definition) is 6. The molecule has 0 bridgehead atoms. The average molecular weight is 558 g/mol. The normalized spacial score (nSPS) is 11.0. The summed E-state index contributed by atoms with van der Waals surface area (Å²) in [5, 5.41) is 30.9. The zero-order chi connectivity index (χ0) is 25.9. The molecule has 186 valence electrons. The predicted octanol–water partition coefficient (Wildman–Crippen LogP) is 5.67. The van der Waals surface area contributed by atoms with Gasteiger partial charge in [-0.15, -0.1) is 0 Å². The zero-order valence-electron chi connectivity index (χ0n) is 19.9. The highest BCUT2D eigenvalue weighted by Crippen LogP contribution is 2.31. The Morgan fingerprint density at radius 2 is 1.81 bits per heavy atom. The van der Waals surface area contributed by atoms with Gasteiger partial charge in [-0.2, -0.15) is 9.61 Å². The largest absolute Gasteiger partial charge is 0.508 e. The molecule has 0 radical (unpaired) electrons. The van der Waals surface area contributed by atoms with Crippen molar-refractivity contribution < 1.29 is 15.0 Å². The van der Waals surface area contributed by atoms with E-state index in [1.807, 2.05) is 55.5 Å². The summed E-state index contributed by atoms with van der Waals surface area (Å²) in [7, 11) is 0. The Labute approximate surface area is 221 Å². The number of para-hydroxylation sites is 1. The number of nitrogens with one attached hydrogen (secondary N) is 2. The average Bonchev–Trinajstić information content (AvgIpc) is 3.26. The van der Waals surface area contributed by atoms with E-state index in [4.69, 9.17) is 0 Å². The molecule has 3 aromatic carbocycles. The fourth-order valence-corrected chi connectivity index (χ4v) is 4.35. The number of phenols is 2. The first-order chi connectivity index (χ1) is 17.9. The van der Waals surface area contributed by atoms with Crippen LogP contribution in [0.1, 0.15) is 16.7 Å². The highest BCUT2D eigenvalue weighted by molar-refractivity contribution is 9.10. The van der Waals surface area contributed by atoms with Crippen LogP contribution in [-0.4, -0.2) is 30.7 Å². The van der Waals surface area contributed by atoms with Crippen LogP contribution in [0, 0.1) is 6.92 Å². The van der Waals surface area contributed by atoms with E-state index in [1.165, 1.54) is 0 Å². The second-order valence-corrected chi connectivity index (χ2v) is 9.53. The van der Waals surface area contributed by atoms with E-state index in [1.54, 1.807) is 35.0 Å². The minimum Gasteiger partial charge on any atom is -0.508 e. The molecule has 0 aliphatic rings. The van der Waals surface area contributed by atoms with Crippen molar-refractivity contribution in [3.8, 4) is 22.8 Å². The van der Waals surface area contributed by atoms with Gasteiger partial charge in [-0.05, 0) is 69.9 Å². The number of hydrogen-bond donors (Lipinski definition) is 4. The third-order valence-corrected chi connectivity index (χ3v) is 6.49. The van der Waals surface area contributed by atoms with Crippen LogP contribution in [0.3, 0.4) is 0 Å². The molecule has 0 saturated heterocycles. The molecule has 37 heavy (non-hydrogen) atoms. The van der Waals surface area contributed by atoms with E-state index in [-0.39, 0.29) is 23.8 Å². The molecule has 0 spiro atoms. The number of amides is 1. The second-order valence-electron chi connectivity index (χ2n) is 8.67. The van der Waals surface area contributed by atoms with Crippen molar-refractivity contribution in [2.24, 2.45) is 0 Å². The van der Waals surface area contributed by atoms with Gasteiger partial charge in [0.15, 0.2) is 5.65 Å². The number of nitrogens with zero attached hydrogens (tertiary/aromatic N) is 3. The van der Waals surface area contributed by atoms with E-state index >= 15 is 0 Å². The zero-order valence-corrected chi connectivity index (χ0v) is 21.5. The minimum absolute atomic E-state index is 0.144. The number of phenolic OH excluding ortho intramolecular Hbond substituents is 2. The Morgan fingerprint density at radius 3 is 2.62 bits per heavy atom. The summed E-state index contributed by atoms with van der Waals surface area (Å²) in [6.07, 6.45) is 1.83. The fraction of sp³-hybridized carbons (Fsp3) is 0.107. The summed E-state index contributed by atoms with van der Waals surface area (Å²) in [6.45, 7) is 2.28. The van der Waals surface area contributed by atoms with Gasteiger partial charge in [0.05, 0.1) is 22.8 Å². The first-order valence-corrected chi connectivity index (χ1v) is 12.4. The van der Waals surface area contributed by atoms with Gasteiger partial charge in [-0.1, -0.05) is 36.4 Å². The third-order valence-electron chi connectivity index (χ3n) is 5.93. The van der Waals surface area contributed by atoms with E-state index in [0.717, 1.165) is 21.2 Å². The molecule has 0 atom stereocenters. The van der Waals surface area contributed by atoms with Crippen LogP contribution in [0.2, 0.25) is 0 Å². The molecule has 5 aromatic rings. The Kier molecular flexibility index (Phi) is 6.78. The number of halogens is 1. The molecule has 2 heterocycles. The molecule has 0 aliphatic heterocycles. The van der Waals surface area contributed by atoms with Gasteiger partial charge in [0, 0.05) is 23.9 Å². The highest BCUT2D eigenvalue weighted by atomic mass is 79.9. The van der Waals surface area contributed by atoms with Crippen molar-refractivity contribution in [2.45, 2.75) is 19.9 Å². The smallest absolute Gasteiger partial charge is 0.228 e. The lowest BCUT2D eigenvalue weighted by Gasteiger charge is -2.13. The third kappa shape index (κ3) is 5.41. The molecule has 1 amide bonds. The molecule has 5 rings (SSSR count). The van der Waals surface area contributed by atoms with E-state index in [2.05, 4.69) is 36.6 Å². The molecule has 8 nitrogen and oxygen atoms in total. The van der Waals surface area contributed by atoms with Crippen molar-refractivity contribution in [1.82, 2.24) is 14.6 Å². The van der Waals surface area contributed by atoms with Crippen molar-refractivity contribution in [1.29, 1.82) is 0 Å². The Morgan fingerprint density at radius 1 is 0.973 bits per heavy atom. The lowest BCUT2D eigenvalue weighted by atomic mass is 10.1. The quantitative estimate of drug-likeness (QED) is 0.205. The van der Waals surface area contributed by atoms with Gasteiger partial charge in [0.25, 0.3) is 0 Å². The number of benzene rings is 3. The van der Waals surface area contributed by atoms with Gasteiger partial charge < -0.3 is 20.8 Å². The predicted molar refractivity (Wildman–Crippen MR) is 147 cm³/mol. The van der Waals surface area contributed by atoms with Crippen LogP contribution in [0.15, 0.2) is 83.5 Å². The topological polar surface area (TPSA) is 112 Å². The molecular weight excluding hydrogens is 534 g/mol. The number of aromatic nitrogens is 3. The van der Waals surface area contributed by atoms with Crippen LogP contribution in [0.4, 0.5) is 11.5 Å². The van der Waals surface area contributed by atoms with Gasteiger partial charge in [-0.25, -0.2) is 4.98 Å². The highest BCUT2D eigenvalue weighted by Gasteiger charge is 2.14. The molecule has 0 unspecified atom stereocenters. The first-order valence-electron chi connectivity index (χ1n) is 11.6. The summed E-state index contributed by atoms with van der Waals surface area (Å²) in [4.78, 5) is 17.2. The maximum Gasteiger partial charge on any atom is 0.228 e. The fourth-order valence-electron chi connectivity index (χ4n) is 4.00. The van der Waals surface area contributed by atoms with E-state index in [9.17, 15) is 15.0 Å². The molecule has 2 aromatic heterocycles. The van der Waals surface area contributed by atoms with Crippen molar-refractivity contribution >= 4 is 39.0 Å². The summed E-state index contributed by atoms with van der Waals surface area (Å²) in [5.74, 6) is 0.851.